The third kappa shape index (κ3) is 4.14. The Kier molecular flexibility index (Phi) is 4.66. The Morgan fingerprint density at radius 3 is 2.38 bits per heavy atom. The average Bonchev–Trinajstić information content (AvgIpc) is 2.47. The van der Waals surface area contributed by atoms with Crippen molar-refractivity contribution in [1.29, 1.82) is 0 Å². The first-order chi connectivity index (χ1) is 10.1. The summed E-state index contributed by atoms with van der Waals surface area (Å²) in [5.41, 5.74) is 2.24. The number of hydrogen-bond acceptors (Lipinski definition) is 4. The molecule has 0 saturated carbocycles. The van der Waals surface area contributed by atoms with Gasteiger partial charge in [-0.2, -0.15) is 0 Å². The summed E-state index contributed by atoms with van der Waals surface area (Å²) < 4.78 is 4.84. The number of aromatic nitrogens is 1. The maximum Gasteiger partial charge on any atom is 0.304 e. The van der Waals surface area contributed by atoms with Gasteiger partial charge in [-0.25, -0.2) is 0 Å². The third-order valence-corrected chi connectivity index (χ3v) is 2.78. The fourth-order valence-corrected chi connectivity index (χ4v) is 1.87. The molecule has 0 fully saturated rings. The highest BCUT2D eigenvalue weighted by atomic mass is 16.6. The molecule has 5 heteroatoms. The monoisotopic (exact) mass is 284 g/mol. The van der Waals surface area contributed by atoms with E-state index in [-0.39, 0.29) is 11.6 Å². The van der Waals surface area contributed by atoms with Gasteiger partial charge in [-0.15, -0.1) is 0 Å². The van der Waals surface area contributed by atoms with Crippen LogP contribution in [0, 0.1) is 0 Å². The highest BCUT2D eigenvalue weighted by Gasteiger charge is 2.12. The fourth-order valence-electron chi connectivity index (χ4n) is 1.87. The molecule has 0 spiro atoms. The first-order valence-electron chi connectivity index (χ1n) is 6.56. The van der Waals surface area contributed by atoms with Crippen LogP contribution in [0.15, 0.2) is 48.7 Å². The van der Waals surface area contributed by atoms with Gasteiger partial charge in [-0.05, 0) is 18.6 Å². The molecule has 108 valence electrons. The molecular weight excluding hydrogens is 268 g/mol. The molecule has 2 aromatic rings. The van der Waals surface area contributed by atoms with E-state index < -0.39 is 12.2 Å². The molecule has 0 radical (unpaired) electrons. The number of carbonyl (C=O) groups excluding carboxylic acids is 2. The van der Waals surface area contributed by atoms with Crippen LogP contribution in [0.5, 0.6) is 0 Å². The number of nitrogens with one attached hydrogen (secondary N) is 1. The maximum atomic E-state index is 11.9. The summed E-state index contributed by atoms with van der Waals surface area (Å²) in [6.45, 7) is 2.87. The minimum atomic E-state index is -0.689. The number of pyridine rings is 1. The predicted molar refractivity (Wildman–Crippen MR) is 78.4 cm³/mol. The topological polar surface area (TPSA) is 68.3 Å². The first-order valence-corrected chi connectivity index (χ1v) is 6.56. The molecule has 5 nitrogen and oxygen atoms in total. The lowest BCUT2D eigenvalue weighted by molar-refractivity contribution is -0.146. The van der Waals surface area contributed by atoms with Crippen molar-refractivity contribution in [2.75, 3.05) is 0 Å². The van der Waals surface area contributed by atoms with E-state index in [0.29, 0.717) is 0 Å². The zero-order valence-electron chi connectivity index (χ0n) is 11.9. The largest absolute Gasteiger partial charge is 0.442 e. The Morgan fingerprint density at radius 2 is 1.81 bits per heavy atom. The van der Waals surface area contributed by atoms with Crippen molar-refractivity contribution in [1.82, 2.24) is 10.3 Å². The van der Waals surface area contributed by atoms with E-state index in [1.807, 2.05) is 36.4 Å². The summed E-state index contributed by atoms with van der Waals surface area (Å²) in [4.78, 5) is 26.8. The molecule has 1 heterocycles. The molecule has 1 atom stereocenters. The highest BCUT2D eigenvalue weighted by Crippen LogP contribution is 2.17. The second-order valence-electron chi connectivity index (χ2n) is 4.52. The van der Waals surface area contributed by atoms with E-state index in [1.54, 1.807) is 19.2 Å². The smallest absolute Gasteiger partial charge is 0.304 e. The van der Waals surface area contributed by atoms with Crippen LogP contribution in [0.1, 0.15) is 24.3 Å². The zero-order chi connectivity index (χ0) is 15.2. The lowest BCUT2D eigenvalue weighted by Crippen LogP contribution is -2.36. The van der Waals surface area contributed by atoms with Gasteiger partial charge in [0.15, 0.2) is 6.23 Å². The van der Waals surface area contributed by atoms with Crippen LogP contribution in [0.3, 0.4) is 0 Å². The van der Waals surface area contributed by atoms with E-state index in [1.165, 1.54) is 6.92 Å². The summed E-state index contributed by atoms with van der Waals surface area (Å²) in [7, 11) is 0. The van der Waals surface area contributed by atoms with Crippen LogP contribution >= 0.6 is 0 Å². The van der Waals surface area contributed by atoms with Crippen molar-refractivity contribution < 1.29 is 14.3 Å². The minimum Gasteiger partial charge on any atom is -0.442 e. The number of rotatable bonds is 4. The van der Waals surface area contributed by atoms with Crippen molar-refractivity contribution in [3.8, 4) is 11.1 Å². The Bertz CT molecular complexity index is 624. The molecule has 2 rings (SSSR count). The van der Waals surface area contributed by atoms with Gasteiger partial charge in [0.05, 0.1) is 0 Å². The van der Waals surface area contributed by atoms with Crippen LogP contribution in [0.4, 0.5) is 0 Å². The van der Waals surface area contributed by atoms with Gasteiger partial charge in [0.2, 0.25) is 0 Å². The van der Waals surface area contributed by atoms with Gasteiger partial charge in [-0.1, -0.05) is 36.4 Å². The van der Waals surface area contributed by atoms with Gasteiger partial charge in [0.25, 0.3) is 5.91 Å². The summed E-state index contributed by atoms with van der Waals surface area (Å²) >= 11 is 0. The Hall–Kier alpha value is -2.69. The minimum absolute atomic E-state index is 0.272. The third-order valence-electron chi connectivity index (χ3n) is 2.78. The number of amides is 1. The molecule has 0 saturated heterocycles. The van der Waals surface area contributed by atoms with Crippen LogP contribution in [0.2, 0.25) is 0 Å². The van der Waals surface area contributed by atoms with Gasteiger partial charge in [-0.3, -0.25) is 14.6 Å². The Balaban J connectivity index is 2.05. The van der Waals surface area contributed by atoms with Crippen LogP contribution in [-0.2, 0) is 9.53 Å². The fraction of sp³-hybridized carbons (Fsp3) is 0.188. The van der Waals surface area contributed by atoms with E-state index in [9.17, 15) is 9.59 Å². The molecule has 0 aliphatic rings. The van der Waals surface area contributed by atoms with Crippen molar-refractivity contribution >= 4 is 11.9 Å². The van der Waals surface area contributed by atoms with Gasteiger partial charge in [0, 0.05) is 18.7 Å². The number of benzene rings is 1. The van der Waals surface area contributed by atoms with Crippen LogP contribution in [-0.4, -0.2) is 23.1 Å². The van der Waals surface area contributed by atoms with Crippen molar-refractivity contribution in [2.45, 2.75) is 20.1 Å². The van der Waals surface area contributed by atoms with Crippen LogP contribution < -0.4 is 5.32 Å². The summed E-state index contributed by atoms with van der Waals surface area (Å²) in [6, 6.07) is 13.2. The van der Waals surface area contributed by atoms with Gasteiger partial charge >= 0.3 is 5.97 Å². The summed E-state index contributed by atoms with van der Waals surface area (Å²) in [6.07, 6.45) is 0.950. The quantitative estimate of drug-likeness (QED) is 0.691. The number of esters is 1. The summed E-state index contributed by atoms with van der Waals surface area (Å²) in [5.74, 6) is -0.835. The highest BCUT2D eigenvalue weighted by molar-refractivity contribution is 5.92. The SMILES string of the molecule is CC(=O)OC(C)NC(=O)c1ccc(-c2ccccc2)cn1. The molecule has 1 aromatic carbocycles. The first kappa shape index (κ1) is 14.7. The van der Waals surface area contributed by atoms with Crippen molar-refractivity contribution in [2.24, 2.45) is 0 Å². The normalized spacial score (nSPS) is 11.5. The standard InChI is InChI=1S/C16H16N2O3/c1-11(21-12(2)19)18-16(20)15-9-8-14(10-17-15)13-6-4-3-5-7-13/h3-11H,1-2H3,(H,18,20). The zero-order valence-corrected chi connectivity index (χ0v) is 11.9. The van der Waals surface area contributed by atoms with Gasteiger partial charge in [0.1, 0.15) is 5.69 Å². The molecule has 21 heavy (non-hydrogen) atoms. The van der Waals surface area contributed by atoms with E-state index in [0.717, 1.165) is 11.1 Å². The Labute approximate surface area is 123 Å². The predicted octanol–water partition coefficient (Wildman–Crippen LogP) is 2.39. The maximum absolute atomic E-state index is 11.9. The molecule has 1 aromatic heterocycles. The molecule has 0 aliphatic heterocycles. The van der Waals surface area contributed by atoms with E-state index in [4.69, 9.17) is 4.74 Å². The lowest BCUT2D eigenvalue weighted by Gasteiger charge is -2.13. The summed E-state index contributed by atoms with van der Waals surface area (Å²) in [5, 5.41) is 2.54. The van der Waals surface area contributed by atoms with Gasteiger partial charge < -0.3 is 10.1 Å². The molecule has 1 N–H and O–H groups in total. The second-order valence-corrected chi connectivity index (χ2v) is 4.52. The van der Waals surface area contributed by atoms with Crippen LogP contribution in [0.25, 0.3) is 11.1 Å². The molecule has 1 amide bonds. The van der Waals surface area contributed by atoms with Crippen molar-refractivity contribution in [3.05, 3.63) is 54.4 Å². The number of ether oxygens (including phenoxy) is 1. The number of carbonyl (C=O) groups is 2. The van der Waals surface area contributed by atoms with E-state index in [2.05, 4.69) is 10.3 Å². The number of nitrogens with zero attached hydrogens (tertiary/aromatic N) is 1. The second kappa shape index (κ2) is 6.65. The Morgan fingerprint density at radius 1 is 1.10 bits per heavy atom. The molecule has 0 aliphatic carbocycles. The van der Waals surface area contributed by atoms with E-state index >= 15 is 0 Å². The molecule has 0 bridgehead atoms. The number of hydrogen-bond donors (Lipinski definition) is 1. The molecular formula is C16H16N2O3. The van der Waals surface area contributed by atoms with Crippen molar-refractivity contribution in [3.63, 3.8) is 0 Å². The average molecular weight is 284 g/mol. The lowest BCUT2D eigenvalue weighted by atomic mass is 10.1. The molecule has 1 unspecified atom stereocenters.